The zero-order valence-electron chi connectivity index (χ0n) is 7.30. The van der Waals surface area contributed by atoms with Gasteiger partial charge in [-0.2, -0.15) is 0 Å². The molecule has 1 radical (unpaired) electrons. The molecule has 11 heavy (non-hydrogen) atoms. The molecule has 0 atom stereocenters. The Morgan fingerprint density at radius 3 is 2.64 bits per heavy atom. The topological polar surface area (TPSA) is 26.3 Å². The van der Waals surface area contributed by atoms with Crippen molar-refractivity contribution in [3.63, 3.8) is 0 Å². The molecule has 0 heterocycles. The molecule has 0 aromatic carbocycles. The molecule has 0 aliphatic carbocycles. The fourth-order valence-electron chi connectivity index (χ4n) is 0.844. The quantitative estimate of drug-likeness (QED) is 0.544. The van der Waals surface area contributed by atoms with Crippen molar-refractivity contribution in [2.24, 2.45) is 0 Å². The van der Waals surface area contributed by atoms with Gasteiger partial charge in [-0.25, -0.2) is 0 Å². The van der Waals surface area contributed by atoms with Crippen LogP contribution in [0, 0.1) is 0 Å². The first-order chi connectivity index (χ1) is 5.31. The summed E-state index contributed by atoms with van der Waals surface area (Å²) in [6.07, 6.45) is 5.25. The van der Waals surface area contributed by atoms with Crippen LogP contribution in [-0.4, -0.2) is 28.0 Å². The molecule has 0 unspecified atom stereocenters. The molecule has 0 aromatic rings. The van der Waals surface area contributed by atoms with E-state index in [0.29, 0.717) is 6.42 Å². The average molecular weight is 266 g/mol. The number of rotatable bonds is 6. The first-order valence-corrected chi connectivity index (χ1v) is 7.69. The molecule has 0 aliphatic heterocycles. The second-order valence-corrected chi connectivity index (χ2v) is 4.02. The van der Waals surface area contributed by atoms with E-state index >= 15 is 0 Å². The summed E-state index contributed by atoms with van der Waals surface area (Å²) in [6, 6.07) is 0. The third-order valence-electron chi connectivity index (χ3n) is 1.43. The van der Waals surface area contributed by atoms with E-state index < -0.39 is 22.0 Å². The Labute approximate surface area is 79.8 Å². The summed E-state index contributed by atoms with van der Waals surface area (Å²) in [7, 11) is 0. The van der Waals surface area contributed by atoms with Gasteiger partial charge in [0.05, 0.1) is 0 Å². The molecule has 3 heteroatoms. The van der Waals surface area contributed by atoms with Gasteiger partial charge in [-0.1, -0.05) is 0 Å². The summed E-state index contributed by atoms with van der Waals surface area (Å²) < 4.78 is 4.93. The molecule has 0 N–H and O–H groups in total. The Bertz CT molecular complexity index is 104. The normalized spacial score (nSPS) is 9.64. The van der Waals surface area contributed by atoms with Crippen LogP contribution in [0.1, 0.15) is 39.0 Å². The zero-order valence-corrected chi connectivity index (χ0v) is 9.85. The Kier molecular flexibility index (Phi) is 8.61. The first kappa shape index (κ1) is 11.3. The van der Waals surface area contributed by atoms with Crippen LogP contribution < -0.4 is 0 Å². The van der Waals surface area contributed by atoms with Crippen molar-refractivity contribution < 1.29 is 7.81 Å². The van der Waals surface area contributed by atoms with E-state index in [1.807, 2.05) is 4.87 Å². The predicted molar refractivity (Wildman–Crippen MR) is 46.5 cm³/mol. The van der Waals surface area contributed by atoms with Crippen LogP contribution >= 0.6 is 0 Å². The number of unbranched alkanes of at least 4 members (excludes halogenated alkanes) is 3. The van der Waals surface area contributed by atoms with Gasteiger partial charge in [-0.15, -0.1) is 0 Å². The van der Waals surface area contributed by atoms with E-state index in [1.165, 1.54) is 12.8 Å². The van der Waals surface area contributed by atoms with Crippen molar-refractivity contribution in [1.82, 2.24) is 0 Å². The second-order valence-electron chi connectivity index (χ2n) is 2.46. The maximum absolute atomic E-state index is 10.8. The Morgan fingerprint density at radius 2 is 2.09 bits per heavy atom. The minimum absolute atomic E-state index is 0.0144. The second kappa shape index (κ2) is 8.39. The summed E-state index contributed by atoms with van der Waals surface area (Å²) in [5.41, 5.74) is 0. The monoisotopic (exact) mass is 265 g/mol. The van der Waals surface area contributed by atoms with Gasteiger partial charge in [-0.05, 0) is 0 Å². The zero-order chi connectivity index (χ0) is 8.53. The van der Waals surface area contributed by atoms with Crippen LogP contribution in [0.15, 0.2) is 0 Å². The average Bonchev–Trinajstić information content (AvgIpc) is 1.99. The summed E-state index contributed by atoms with van der Waals surface area (Å²) in [5, 5.41) is 0. The standard InChI is InChI=1S/C7H14O2.CH3.Sb/c1-2-3-4-5-6-7(8)9;;/h2-6H2,1H3,(H,8,9);1H3;/q;;+1/p-1. The van der Waals surface area contributed by atoms with Gasteiger partial charge in [0.2, 0.25) is 0 Å². The Balaban J connectivity index is 3.04. The Morgan fingerprint density at radius 1 is 1.36 bits per heavy atom. The van der Waals surface area contributed by atoms with Gasteiger partial charge in [0, 0.05) is 0 Å². The number of carbonyl (C=O) groups excluding carboxylic acids is 1. The van der Waals surface area contributed by atoms with Gasteiger partial charge in [0.15, 0.2) is 0 Å². The number of hydrogen-bond acceptors (Lipinski definition) is 2. The van der Waals surface area contributed by atoms with Crippen LogP contribution in [0.5, 0.6) is 0 Å². The molecule has 65 valence electrons. The molecule has 0 rings (SSSR count). The third-order valence-corrected chi connectivity index (χ3v) is 2.53. The molecule has 2 nitrogen and oxygen atoms in total. The SMILES string of the molecule is CCCCCCC(=O)[O][Sb][CH3]. The van der Waals surface area contributed by atoms with Crippen molar-refractivity contribution in [1.29, 1.82) is 0 Å². The fourth-order valence-corrected chi connectivity index (χ4v) is 1.69. The molecule has 0 aromatic heterocycles. The summed E-state index contributed by atoms with van der Waals surface area (Å²) in [5.74, 6) is 0.0144. The van der Waals surface area contributed by atoms with Gasteiger partial charge < -0.3 is 0 Å². The van der Waals surface area contributed by atoms with Crippen molar-refractivity contribution in [3.05, 3.63) is 0 Å². The Hall–Kier alpha value is 0.288. The predicted octanol–water partition coefficient (Wildman–Crippen LogP) is 2.17. The summed E-state index contributed by atoms with van der Waals surface area (Å²) in [6.45, 7) is 2.16. The maximum atomic E-state index is 10.8. The van der Waals surface area contributed by atoms with E-state index in [4.69, 9.17) is 3.02 Å². The van der Waals surface area contributed by atoms with Gasteiger partial charge >= 0.3 is 79.7 Å². The van der Waals surface area contributed by atoms with E-state index in [-0.39, 0.29) is 5.97 Å². The number of carbonyl (C=O) groups is 1. The molecule has 0 fully saturated rings. The number of hydrogen-bond donors (Lipinski definition) is 0. The van der Waals surface area contributed by atoms with Crippen molar-refractivity contribution in [2.45, 2.75) is 43.9 Å². The molecule has 0 amide bonds. The minimum atomic E-state index is -0.605. The van der Waals surface area contributed by atoms with E-state index in [1.54, 1.807) is 0 Å². The van der Waals surface area contributed by atoms with E-state index in [9.17, 15) is 4.79 Å². The van der Waals surface area contributed by atoms with Crippen LogP contribution in [0.25, 0.3) is 0 Å². The summed E-state index contributed by atoms with van der Waals surface area (Å²) in [4.78, 5) is 12.8. The van der Waals surface area contributed by atoms with Crippen LogP contribution in [-0.2, 0) is 7.81 Å². The van der Waals surface area contributed by atoms with Crippen molar-refractivity contribution >= 4 is 28.0 Å². The molecule has 0 aliphatic rings. The third kappa shape index (κ3) is 8.19. The molecule has 0 spiro atoms. The van der Waals surface area contributed by atoms with E-state index in [2.05, 4.69) is 6.92 Å². The first-order valence-electron chi connectivity index (χ1n) is 4.10. The van der Waals surface area contributed by atoms with Crippen molar-refractivity contribution in [3.8, 4) is 0 Å². The molecule has 0 saturated heterocycles. The fraction of sp³-hybridized carbons (Fsp3) is 0.875. The van der Waals surface area contributed by atoms with Gasteiger partial charge in [0.1, 0.15) is 0 Å². The van der Waals surface area contributed by atoms with E-state index in [0.717, 1.165) is 12.8 Å². The van der Waals surface area contributed by atoms with Gasteiger partial charge in [-0.3, -0.25) is 0 Å². The molecular formula is C8H16O2Sb. The van der Waals surface area contributed by atoms with Crippen molar-refractivity contribution in [2.75, 3.05) is 0 Å². The molecular weight excluding hydrogens is 250 g/mol. The summed E-state index contributed by atoms with van der Waals surface area (Å²) >= 11 is -0.605. The van der Waals surface area contributed by atoms with Crippen LogP contribution in [0.3, 0.4) is 0 Å². The van der Waals surface area contributed by atoms with Crippen LogP contribution in [0.2, 0.25) is 4.87 Å². The molecule has 0 saturated carbocycles. The van der Waals surface area contributed by atoms with Crippen LogP contribution in [0.4, 0.5) is 0 Å². The van der Waals surface area contributed by atoms with Gasteiger partial charge in [0.25, 0.3) is 0 Å². The molecule has 0 bridgehead atoms.